The maximum atomic E-state index is 11.9. The Bertz CT molecular complexity index is 935. The van der Waals surface area contributed by atoms with Crippen LogP contribution in [0.25, 0.3) is 12.2 Å². The Morgan fingerprint density at radius 1 is 0.815 bits per heavy atom. The highest BCUT2D eigenvalue weighted by Crippen LogP contribution is 2.37. The second-order valence-electron chi connectivity index (χ2n) is 5.21. The van der Waals surface area contributed by atoms with Crippen LogP contribution in [0.1, 0.15) is 11.1 Å². The van der Waals surface area contributed by atoms with E-state index >= 15 is 0 Å². The first-order chi connectivity index (χ1) is 12.7. The van der Waals surface area contributed by atoms with Gasteiger partial charge in [0.15, 0.2) is 11.5 Å². The topological polar surface area (TPSA) is 165 Å². The predicted octanol–water partition coefficient (Wildman–Crippen LogP) is 1.93. The van der Waals surface area contributed by atoms with Gasteiger partial charge in [0.05, 0.1) is 5.56 Å². The Morgan fingerprint density at radius 2 is 1.44 bits per heavy atom. The Labute approximate surface area is 152 Å². The molecule has 0 saturated carbocycles. The summed E-state index contributed by atoms with van der Waals surface area (Å²) in [7, 11) is 0. The summed E-state index contributed by atoms with van der Waals surface area (Å²) in [5.41, 5.74) is -0.0109. The van der Waals surface area contributed by atoms with E-state index in [9.17, 15) is 35.1 Å². The number of phenolic OH excluding ortho intramolecular Hbond substituents is 5. The molecule has 2 rings (SSSR count). The number of aromatic hydroxyl groups is 5. The monoisotopic (exact) mass is 374 g/mol. The SMILES string of the molecule is O=C(O)C=Cc1cc(O)c(O)c(OC(=O)C=Cc2c(O)cc(O)cc2O)c1. The zero-order valence-corrected chi connectivity index (χ0v) is 13.5. The van der Waals surface area contributed by atoms with Crippen molar-refractivity contribution in [2.24, 2.45) is 0 Å². The van der Waals surface area contributed by atoms with Crippen molar-refractivity contribution in [3.8, 4) is 34.5 Å². The van der Waals surface area contributed by atoms with Gasteiger partial charge in [-0.2, -0.15) is 0 Å². The van der Waals surface area contributed by atoms with E-state index in [0.29, 0.717) is 0 Å². The minimum absolute atomic E-state index is 0.147. The van der Waals surface area contributed by atoms with Gasteiger partial charge in [-0.25, -0.2) is 9.59 Å². The highest BCUT2D eigenvalue weighted by atomic mass is 16.5. The first-order valence-corrected chi connectivity index (χ1v) is 7.29. The summed E-state index contributed by atoms with van der Waals surface area (Å²) in [6, 6.07) is 4.09. The van der Waals surface area contributed by atoms with E-state index in [2.05, 4.69) is 0 Å². The zero-order valence-electron chi connectivity index (χ0n) is 13.5. The van der Waals surface area contributed by atoms with Crippen LogP contribution in [0.15, 0.2) is 36.4 Å². The number of carboxylic acid groups (broad SMARTS) is 1. The predicted molar refractivity (Wildman–Crippen MR) is 92.5 cm³/mol. The van der Waals surface area contributed by atoms with E-state index in [4.69, 9.17) is 9.84 Å². The van der Waals surface area contributed by atoms with Crippen molar-refractivity contribution in [2.45, 2.75) is 0 Å². The lowest BCUT2D eigenvalue weighted by molar-refractivity contribution is -0.131. The Morgan fingerprint density at radius 3 is 2.04 bits per heavy atom. The molecule has 0 heterocycles. The quantitative estimate of drug-likeness (QED) is 0.198. The number of hydrogen-bond donors (Lipinski definition) is 6. The van der Waals surface area contributed by atoms with Gasteiger partial charge in [0.1, 0.15) is 17.2 Å². The maximum absolute atomic E-state index is 11.9. The second kappa shape index (κ2) is 7.83. The van der Waals surface area contributed by atoms with Gasteiger partial charge in [0.2, 0.25) is 5.75 Å². The van der Waals surface area contributed by atoms with Gasteiger partial charge in [-0.3, -0.25) is 0 Å². The Kier molecular flexibility index (Phi) is 5.56. The summed E-state index contributed by atoms with van der Waals surface area (Å²) in [4.78, 5) is 22.4. The normalized spacial score (nSPS) is 11.1. The van der Waals surface area contributed by atoms with Crippen molar-refractivity contribution in [2.75, 3.05) is 0 Å². The molecule has 0 saturated heterocycles. The average Bonchev–Trinajstić information content (AvgIpc) is 2.56. The van der Waals surface area contributed by atoms with Crippen LogP contribution in [0.3, 0.4) is 0 Å². The lowest BCUT2D eigenvalue weighted by Crippen LogP contribution is -2.04. The number of carboxylic acids is 1. The summed E-state index contributed by atoms with van der Waals surface area (Å²) in [6.45, 7) is 0. The van der Waals surface area contributed by atoms with Gasteiger partial charge in [0, 0.05) is 24.3 Å². The molecule has 2 aromatic rings. The number of hydrogen-bond acceptors (Lipinski definition) is 8. The minimum Gasteiger partial charge on any atom is -0.508 e. The molecule has 0 fully saturated rings. The maximum Gasteiger partial charge on any atom is 0.336 e. The fourth-order valence-corrected chi connectivity index (χ4v) is 2.03. The van der Waals surface area contributed by atoms with Gasteiger partial charge in [-0.05, 0) is 29.8 Å². The van der Waals surface area contributed by atoms with Gasteiger partial charge in [-0.1, -0.05) is 0 Å². The molecule has 0 radical (unpaired) electrons. The number of rotatable bonds is 5. The molecule has 9 heteroatoms. The lowest BCUT2D eigenvalue weighted by atomic mass is 10.1. The molecule has 0 atom stereocenters. The number of ether oxygens (including phenoxy) is 1. The second-order valence-corrected chi connectivity index (χ2v) is 5.21. The highest BCUT2D eigenvalue weighted by molar-refractivity contribution is 5.90. The van der Waals surface area contributed by atoms with Crippen LogP contribution in [-0.4, -0.2) is 42.6 Å². The van der Waals surface area contributed by atoms with Crippen molar-refractivity contribution < 1.29 is 45.0 Å². The van der Waals surface area contributed by atoms with Crippen molar-refractivity contribution >= 4 is 24.1 Å². The smallest absolute Gasteiger partial charge is 0.336 e. The van der Waals surface area contributed by atoms with Gasteiger partial charge >= 0.3 is 11.9 Å². The van der Waals surface area contributed by atoms with Crippen molar-refractivity contribution in [3.05, 3.63) is 47.5 Å². The minimum atomic E-state index is -1.24. The van der Waals surface area contributed by atoms with E-state index in [1.165, 1.54) is 0 Å². The third-order valence-corrected chi connectivity index (χ3v) is 3.21. The average molecular weight is 374 g/mol. The van der Waals surface area contributed by atoms with Crippen LogP contribution >= 0.6 is 0 Å². The molecule has 0 aromatic heterocycles. The molecular formula is C18H14O9. The summed E-state index contributed by atoms with van der Waals surface area (Å²) < 4.78 is 4.87. The third-order valence-electron chi connectivity index (χ3n) is 3.21. The molecule has 140 valence electrons. The van der Waals surface area contributed by atoms with Crippen LogP contribution in [0.5, 0.6) is 34.5 Å². The van der Waals surface area contributed by atoms with Crippen molar-refractivity contribution in [1.29, 1.82) is 0 Å². The van der Waals surface area contributed by atoms with Crippen molar-refractivity contribution in [1.82, 2.24) is 0 Å². The summed E-state index contributed by atoms with van der Waals surface area (Å²) in [5, 5.41) is 56.5. The molecule has 9 nitrogen and oxygen atoms in total. The van der Waals surface area contributed by atoms with E-state index in [1.54, 1.807) is 0 Å². The summed E-state index contributed by atoms with van der Waals surface area (Å²) >= 11 is 0. The zero-order chi connectivity index (χ0) is 20.1. The fourth-order valence-electron chi connectivity index (χ4n) is 2.03. The van der Waals surface area contributed by atoms with Crippen LogP contribution in [-0.2, 0) is 9.59 Å². The summed E-state index contributed by atoms with van der Waals surface area (Å²) in [5.74, 6) is -5.43. The number of phenols is 5. The number of carbonyl (C=O) groups excluding carboxylic acids is 1. The number of benzene rings is 2. The van der Waals surface area contributed by atoms with Gasteiger partial charge in [-0.15, -0.1) is 0 Å². The van der Waals surface area contributed by atoms with E-state index in [0.717, 1.165) is 48.6 Å². The molecule has 0 aliphatic carbocycles. The van der Waals surface area contributed by atoms with E-state index in [1.807, 2.05) is 0 Å². The van der Waals surface area contributed by atoms with E-state index < -0.39 is 40.7 Å². The van der Waals surface area contributed by atoms with Crippen molar-refractivity contribution in [3.63, 3.8) is 0 Å². The van der Waals surface area contributed by atoms with Gasteiger partial charge in [0.25, 0.3) is 0 Å². The highest BCUT2D eigenvalue weighted by Gasteiger charge is 2.13. The molecule has 6 N–H and O–H groups in total. The van der Waals surface area contributed by atoms with Crippen LogP contribution in [0.4, 0.5) is 0 Å². The fraction of sp³-hybridized carbons (Fsp3) is 0. The van der Waals surface area contributed by atoms with Gasteiger partial charge < -0.3 is 35.4 Å². The van der Waals surface area contributed by atoms with E-state index in [-0.39, 0.29) is 16.9 Å². The lowest BCUT2D eigenvalue weighted by Gasteiger charge is -2.08. The molecular weight excluding hydrogens is 360 g/mol. The molecule has 0 spiro atoms. The molecule has 0 aliphatic rings. The molecule has 0 unspecified atom stereocenters. The molecule has 2 aromatic carbocycles. The van der Waals surface area contributed by atoms with Crippen LogP contribution < -0.4 is 4.74 Å². The molecule has 27 heavy (non-hydrogen) atoms. The number of aliphatic carboxylic acids is 1. The van der Waals surface area contributed by atoms with Crippen LogP contribution in [0.2, 0.25) is 0 Å². The number of esters is 1. The molecule has 0 bridgehead atoms. The Hall–Kier alpha value is -4.14. The van der Waals surface area contributed by atoms with Crippen LogP contribution in [0, 0.1) is 0 Å². The first kappa shape index (κ1) is 19.2. The Balaban J connectivity index is 2.24. The standard InChI is InChI=1S/C18H14O9/c19-10-7-12(20)11(13(21)8-10)2-4-17(25)27-15-6-9(1-3-16(23)24)5-14(22)18(15)26/h1-8,19-22,26H,(H,23,24). The summed E-state index contributed by atoms with van der Waals surface area (Å²) in [6.07, 6.45) is 3.73. The molecule has 0 amide bonds. The third kappa shape index (κ3) is 4.92. The number of carbonyl (C=O) groups is 2. The largest absolute Gasteiger partial charge is 0.508 e. The first-order valence-electron chi connectivity index (χ1n) is 7.29. The molecule has 0 aliphatic heterocycles.